The predicted octanol–water partition coefficient (Wildman–Crippen LogP) is 9.99. The lowest BCUT2D eigenvalue weighted by Gasteiger charge is -2.32. The van der Waals surface area contributed by atoms with E-state index in [-0.39, 0.29) is 24.7 Å². The van der Waals surface area contributed by atoms with Gasteiger partial charge in [0.2, 0.25) is 0 Å². The molecule has 352 valence electrons. The summed E-state index contributed by atoms with van der Waals surface area (Å²) in [6, 6.07) is 0.327. The molecule has 0 saturated carbocycles. The van der Waals surface area contributed by atoms with Crippen LogP contribution in [0.4, 0.5) is 79.0 Å². The molecular formula is C32H35F18N3O6S2. The smallest absolute Gasteiger partial charge is 0.376 e. The first-order valence-electron chi connectivity index (χ1n) is 17.6. The van der Waals surface area contributed by atoms with Crippen LogP contribution in [0.15, 0.2) is 16.1 Å². The highest BCUT2D eigenvalue weighted by Crippen LogP contribution is 2.56. The molecule has 0 N–H and O–H groups in total. The molecule has 0 fully saturated rings. The number of benzene rings is 1. The van der Waals surface area contributed by atoms with Crippen molar-refractivity contribution in [2.45, 2.75) is 144 Å². The van der Waals surface area contributed by atoms with Crippen molar-refractivity contribution in [3.8, 4) is 17.6 Å². The first kappa shape index (κ1) is 53.7. The van der Waals surface area contributed by atoms with Crippen molar-refractivity contribution in [1.82, 2.24) is 0 Å². The summed E-state index contributed by atoms with van der Waals surface area (Å²) in [6.07, 6.45) is -13.2. The van der Waals surface area contributed by atoms with Crippen LogP contribution in [0, 0.1) is 23.2 Å². The van der Waals surface area contributed by atoms with Gasteiger partial charge in [0.25, 0.3) is 0 Å². The van der Waals surface area contributed by atoms with Crippen LogP contribution in [0.2, 0.25) is 0 Å². The average Bonchev–Trinajstić information content (AvgIpc) is 3.51. The fourth-order valence-corrected chi connectivity index (χ4v) is 7.85. The molecule has 2 unspecified atom stereocenters. The number of rotatable bonds is 22. The number of fused-ring (bicyclic) bond motifs is 1. The largest absolute Gasteiger partial charge is 0.460 e. The second kappa shape index (κ2) is 17.6. The third-order valence-electron chi connectivity index (χ3n) is 9.66. The highest BCUT2D eigenvalue weighted by molar-refractivity contribution is 7.88. The van der Waals surface area contributed by atoms with Gasteiger partial charge in [-0.1, -0.05) is 66.2 Å². The Morgan fingerprint density at radius 1 is 0.590 bits per heavy atom. The topological polar surface area (TPSA) is 135 Å². The molecule has 2 rings (SSSR count). The van der Waals surface area contributed by atoms with Gasteiger partial charge < -0.3 is 8.37 Å². The van der Waals surface area contributed by atoms with Gasteiger partial charge in [-0.3, -0.25) is 0 Å². The number of hydrogen-bond donors (Lipinski definition) is 0. The highest BCUT2D eigenvalue weighted by atomic mass is 32.2. The van der Waals surface area contributed by atoms with Gasteiger partial charge in [-0.05, 0) is 37.5 Å². The van der Waals surface area contributed by atoms with Crippen LogP contribution in [-0.4, -0.2) is 69.1 Å². The van der Waals surface area contributed by atoms with Gasteiger partial charge in [-0.2, -0.15) is 101 Å². The summed E-state index contributed by atoms with van der Waals surface area (Å²) in [5.74, 6) is -36.3. The molecule has 29 heteroatoms. The Labute approximate surface area is 335 Å². The molecule has 1 heterocycles. The lowest BCUT2D eigenvalue weighted by Crippen LogP contribution is -2.64. The van der Waals surface area contributed by atoms with Crippen molar-refractivity contribution in [1.29, 1.82) is 5.26 Å². The van der Waals surface area contributed by atoms with Gasteiger partial charge >= 0.3 is 66.8 Å². The standard InChI is InChI=1S/C32H35F18N3O6S2/c1-5-9-17(7-3)11-13-24(14-12-18(8-4)10-6-2)52-21-20(58-60(54,55)31(47,48)27(37,38)25(33,34)29(41,42)43)15-19(16-51)23(22(21)53-24)59-61(56,57)32(49,50)28(39,40)26(35,36)30(44,45)46/h15,17-18H,5-14H2,1-4H3. The van der Waals surface area contributed by atoms with Crippen LogP contribution in [-0.2, 0) is 20.2 Å². The molecule has 0 saturated heterocycles. The second-order valence-corrected chi connectivity index (χ2v) is 17.0. The van der Waals surface area contributed by atoms with Crippen molar-refractivity contribution >= 4 is 20.2 Å². The van der Waals surface area contributed by atoms with E-state index in [1.165, 1.54) is 0 Å². The van der Waals surface area contributed by atoms with Crippen LogP contribution in [0.1, 0.15) is 97.5 Å². The van der Waals surface area contributed by atoms with Crippen LogP contribution in [0.3, 0.4) is 0 Å². The monoisotopic (exact) mass is 963 g/mol. The summed E-state index contributed by atoms with van der Waals surface area (Å²) in [5.41, 5.74) is -4.19. The lowest BCUT2D eigenvalue weighted by molar-refractivity contribution is -0.382. The molecule has 1 aromatic rings. The maximum atomic E-state index is 14.8. The molecule has 0 amide bonds. The van der Waals surface area contributed by atoms with Gasteiger partial charge in [0, 0.05) is 6.07 Å². The summed E-state index contributed by atoms with van der Waals surface area (Å²) in [7, 11) is -15.9. The number of halogens is 18. The van der Waals surface area contributed by atoms with Gasteiger partial charge in [0.15, 0.2) is 17.2 Å². The van der Waals surface area contributed by atoms with E-state index in [4.69, 9.17) is 0 Å². The van der Waals surface area contributed by atoms with Gasteiger partial charge in [-0.25, -0.2) is 9.98 Å². The molecule has 61 heavy (non-hydrogen) atoms. The van der Waals surface area contributed by atoms with E-state index in [1.807, 2.05) is 0 Å². The quantitative estimate of drug-likeness (QED) is 0.0834. The number of nitriles is 1. The molecule has 0 bridgehead atoms. The van der Waals surface area contributed by atoms with Crippen molar-refractivity contribution < 1.29 is 104 Å². The summed E-state index contributed by atoms with van der Waals surface area (Å²) < 4.78 is 306. The Kier molecular flexibility index (Phi) is 15.5. The zero-order chi connectivity index (χ0) is 47.9. The Hall–Kier alpha value is -3.45. The Balaban J connectivity index is 3.16. The summed E-state index contributed by atoms with van der Waals surface area (Å²) in [5, 5.41) is -8.83. The third kappa shape index (κ3) is 9.58. The van der Waals surface area contributed by atoms with E-state index in [0.717, 1.165) is 6.07 Å². The molecular weight excluding hydrogens is 928 g/mol. The normalized spacial score (nSPS) is 18.4. The van der Waals surface area contributed by atoms with Crippen molar-refractivity contribution in [2.24, 2.45) is 21.8 Å². The lowest BCUT2D eigenvalue weighted by atomic mass is 9.86. The predicted molar refractivity (Wildman–Crippen MR) is 173 cm³/mol. The second-order valence-electron chi connectivity index (χ2n) is 13.9. The maximum Gasteiger partial charge on any atom is 0.460 e. The SMILES string of the molecule is CCCC(CC)CCC1(CCC(CC)CCC)N=c2c(OS(=O)(=O)C(F)(F)C(F)(F)C(F)(F)C(F)(F)F)cc(C#N)c(OS(=O)(=O)C(F)(F)C(F)(F)C(F)(F)C(F)(F)F)c2=N1. The van der Waals surface area contributed by atoms with Gasteiger partial charge in [0.1, 0.15) is 22.3 Å². The number of hydrogen-bond acceptors (Lipinski definition) is 9. The van der Waals surface area contributed by atoms with Gasteiger partial charge in [-0.15, -0.1) is 0 Å². The molecule has 1 aliphatic heterocycles. The fourth-order valence-electron chi connectivity index (χ4n) is 6.01. The van der Waals surface area contributed by atoms with Crippen LogP contribution >= 0.6 is 0 Å². The molecule has 0 aliphatic carbocycles. The van der Waals surface area contributed by atoms with E-state index < -0.39 is 119 Å². The zero-order valence-electron chi connectivity index (χ0n) is 31.7. The Bertz CT molecular complexity index is 2120. The van der Waals surface area contributed by atoms with Crippen molar-refractivity contribution in [3.63, 3.8) is 0 Å². The fraction of sp³-hybridized carbons (Fsp3) is 0.781. The average molecular weight is 964 g/mol. The van der Waals surface area contributed by atoms with Gasteiger partial charge in [0.05, 0.1) is 0 Å². The minimum absolute atomic E-state index is 0.0115. The molecule has 0 radical (unpaired) electrons. The first-order valence-corrected chi connectivity index (χ1v) is 20.5. The summed E-state index contributed by atoms with van der Waals surface area (Å²) in [4.78, 5) is 7.94. The summed E-state index contributed by atoms with van der Waals surface area (Å²) >= 11 is 0. The Morgan fingerprint density at radius 3 is 1.28 bits per heavy atom. The maximum absolute atomic E-state index is 14.8. The summed E-state index contributed by atoms with van der Waals surface area (Å²) in [6.45, 7) is 6.84. The minimum Gasteiger partial charge on any atom is -0.376 e. The number of alkyl halides is 18. The van der Waals surface area contributed by atoms with E-state index in [9.17, 15) is 101 Å². The highest BCUT2D eigenvalue weighted by Gasteiger charge is 2.87. The molecule has 1 aromatic carbocycles. The third-order valence-corrected chi connectivity index (χ3v) is 12.2. The molecule has 1 aliphatic rings. The molecule has 2 atom stereocenters. The molecule has 9 nitrogen and oxygen atoms in total. The van der Waals surface area contributed by atoms with Crippen LogP contribution in [0.25, 0.3) is 0 Å². The van der Waals surface area contributed by atoms with E-state index in [0.29, 0.717) is 38.5 Å². The zero-order valence-corrected chi connectivity index (χ0v) is 33.3. The first-order chi connectivity index (χ1) is 27.3. The number of nitrogens with zero attached hydrogens (tertiary/aromatic N) is 3. The molecule has 0 spiro atoms. The van der Waals surface area contributed by atoms with Crippen LogP contribution in [0.5, 0.6) is 11.5 Å². The molecule has 0 aromatic heterocycles. The van der Waals surface area contributed by atoms with Crippen LogP contribution < -0.4 is 19.1 Å². The Morgan fingerprint density at radius 2 is 0.951 bits per heavy atom. The van der Waals surface area contributed by atoms with E-state index in [1.54, 1.807) is 27.7 Å². The van der Waals surface area contributed by atoms with Crippen molar-refractivity contribution in [2.75, 3.05) is 0 Å². The van der Waals surface area contributed by atoms with E-state index in [2.05, 4.69) is 18.4 Å². The minimum atomic E-state index is -7.98. The van der Waals surface area contributed by atoms with E-state index >= 15 is 0 Å². The van der Waals surface area contributed by atoms with Crippen molar-refractivity contribution in [3.05, 3.63) is 22.3 Å².